The molecule has 1 aromatic rings. The Morgan fingerprint density at radius 3 is 2.89 bits per heavy atom. The number of pyridine rings is 1. The zero-order valence-corrected chi connectivity index (χ0v) is 11.9. The van der Waals surface area contributed by atoms with Gasteiger partial charge in [-0.1, -0.05) is 12.8 Å². The molecule has 4 nitrogen and oxygen atoms in total. The standard InChI is InChI=1S/C14H19ClN2O2/c1-16-8-6-11(9-13(16)18)14(19)17-7-4-2-3-5-12(17)10-15/h6,8-9,12H,2-5,7,10H2,1H3. The quantitative estimate of drug-likeness (QED) is 0.779. The van der Waals surface area contributed by atoms with Gasteiger partial charge in [0.1, 0.15) is 0 Å². The Morgan fingerprint density at radius 2 is 2.21 bits per heavy atom. The van der Waals surface area contributed by atoms with Crippen LogP contribution in [0.25, 0.3) is 0 Å². The maximum absolute atomic E-state index is 12.5. The van der Waals surface area contributed by atoms with Crippen LogP contribution in [-0.2, 0) is 7.05 Å². The topological polar surface area (TPSA) is 42.3 Å². The van der Waals surface area contributed by atoms with Gasteiger partial charge in [0.15, 0.2) is 0 Å². The number of aromatic nitrogens is 1. The highest BCUT2D eigenvalue weighted by Crippen LogP contribution is 2.19. The van der Waals surface area contributed by atoms with Gasteiger partial charge in [-0.25, -0.2) is 0 Å². The number of rotatable bonds is 2. The van der Waals surface area contributed by atoms with Gasteiger partial charge in [0.05, 0.1) is 0 Å². The molecule has 2 rings (SSSR count). The van der Waals surface area contributed by atoms with Crippen LogP contribution in [0.2, 0.25) is 0 Å². The van der Waals surface area contributed by atoms with Crippen LogP contribution in [0.4, 0.5) is 0 Å². The van der Waals surface area contributed by atoms with E-state index in [9.17, 15) is 9.59 Å². The average Bonchev–Trinajstić information content (AvgIpc) is 2.66. The predicted molar refractivity (Wildman–Crippen MR) is 75.7 cm³/mol. The Morgan fingerprint density at radius 1 is 1.42 bits per heavy atom. The molecular weight excluding hydrogens is 264 g/mol. The van der Waals surface area contributed by atoms with Crippen LogP contribution in [0.1, 0.15) is 36.0 Å². The van der Waals surface area contributed by atoms with E-state index >= 15 is 0 Å². The maximum atomic E-state index is 12.5. The lowest BCUT2D eigenvalue weighted by Crippen LogP contribution is -2.41. The summed E-state index contributed by atoms with van der Waals surface area (Å²) in [6, 6.07) is 3.18. The van der Waals surface area contributed by atoms with Gasteiger partial charge in [-0.05, 0) is 18.9 Å². The molecule has 1 aliphatic heterocycles. The van der Waals surface area contributed by atoms with E-state index in [2.05, 4.69) is 0 Å². The maximum Gasteiger partial charge on any atom is 0.254 e. The molecular formula is C14H19ClN2O2. The fourth-order valence-electron chi connectivity index (χ4n) is 2.45. The van der Waals surface area contributed by atoms with Crippen LogP contribution in [0.15, 0.2) is 23.1 Å². The van der Waals surface area contributed by atoms with Crippen molar-refractivity contribution in [1.29, 1.82) is 0 Å². The third kappa shape index (κ3) is 3.18. The van der Waals surface area contributed by atoms with Crippen LogP contribution < -0.4 is 5.56 Å². The molecule has 0 aromatic carbocycles. The smallest absolute Gasteiger partial charge is 0.254 e. The fourth-order valence-corrected chi connectivity index (χ4v) is 2.77. The van der Waals surface area contributed by atoms with Gasteiger partial charge in [0, 0.05) is 43.3 Å². The average molecular weight is 283 g/mol. The second kappa shape index (κ2) is 6.24. The Balaban J connectivity index is 2.25. The predicted octanol–water partition coefficient (Wildman–Crippen LogP) is 2.01. The number of halogens is 1. The largest absolute Gasteiger partial charge is 0.334 e. The van der Waals surface area contributed by atoms with Crippen LogP contribution in [-0.4, -0.2) is 33.8 Å². The third-order valence-electron chi connectivity index (χ3n) is 3.67. The lowest BCUT2D eigenvalue weighted by Gasteiger charge is -2.28. The van der Waals surface area contributed by atoms with Crippen molar-refractivity contribution in [2.45, 2.75) is 31.7 Å². The summed E-state index contributed by atoms with van der Waals surface area (Å²) in [7, 11) is 1.67. The van der Waals surface area contributed by atoms with Crippen molar-refractivity contribution in [3.05, 3.63) is 34.2 Å². The van der Waals surface area contributed by atoms with E-state index in [4.69, 9.17) is 11.6 Å². The van der Waals surface area contributed by atoms with Crippen LogP contribution >= 0.6 is 11.6 Å². The number of hydrogen-bond acceptors (Lipinski definition) is 2. The molecule has 5 heteroatoms. The van der Waals surface area contributed by atoms with Crippen molar-refractivity contribution >= 4 is 17.5 Å². The first-order valence-electron chi connectivity index (χ1n) is 6.67. The summed E-state index contributed by atoms with van der Waals surface area (Å²) in [5, 5.41) is 0. The SMILES string of the molecule is Cn1ccc(C(=O)N2CCCCCC2CCl)cc1=O. The number of carbonyl (C=O) groups is 1. The third-order valence-corrected chi connectivity index (χ3v) is 4.02. The molecule has 0 radical (unpaired) electrons. The normalized spacial score (nSPS) is 20.1. The molecule has 19 heavy (non-hydrogen) atoms. The molecule has 1 aliphatic rings. The number of aryl methyl sites for hydroxylation is 1. The number of carbonyl (C=O) groups excluding carboxylic acids is 1. The Labute approximate surface area is 118 Å². The molecule has 2 heterocycles. The summed E-state index contributed by atoms with van der Waals surface area (Å²) in [5.41, 5.74) is 0.295. The van der Waals surface area contributed by atoms with E-state index in [0.717, 1.165) is 32.2 Å². The van der Waals surface area contributed by atoms with Gasteiger partial charge in [0.25, 0.3) is 11.5 Å². The summed E-state index contributed by atoms with van der Waals surface area (Å²) in [6.07, 6.45) is 5.82. The Kier molecular flexibility index (Phi) is 4.64. The molecule has 0 spiro atoms. The summed E-state index contributed by atoms with van der Waals surface area (Å²) in [5.74, 6) is 0.376. The number of hydrogen-bond donors (Lipinski definition) is 0. The van der Waals surface area contributed by atoms with Gasteiger partial charge < -0.3 is 9.47 Å². The first-order valence-corrected chi connectivity index (χ1v) is 7.20. The molecule has 1 atom stereocenters. The summed E-state index contributed by atoms with van der Waals surface area (Å²) >= 11 is 5.98. The van der Waals surface area contributed by atoms with E-state index in [1.165, 1.54) is 10.6 Å². The van der Waals surface area contributed by atoms with E-state index < -0.39 is 0 Å². The molecule has 1 amide bonds. The van der Waals surface area contributed by atoms with E-state index in [0.29, 0.717) is 11.4 Å². The van der Waals surface area contributed by atoms with Gasteiger partial charge in [-0.15, -0.1) is 11.6 Å². The van der Waals surface area contributed by atoms with Gasteiger partial charge in [0.2, 0.25) is 0 Å². The monoisotopic (exact) mass is 282 g/mol. The summed E-state index contributed by atoms with van der Waals surface area (Å²) in [6.45, 7) is 0.728. The number of alkyl halides is 1. The lowest BCUT2D eigenvalue weighted by molar-refractivity contribution is 0.0700. The van der Waals surface area contributed by atoms with E-state index in [-0.39, 0.29) is 17.5 Å². The van der Waals surface area contributed by atoms with Gasteiger partial charge in [-0.3, -0.25) is 9.59 Å². The second-order valence-electron chi connectivity index (χ2n) is 5.02. The molecule has 1 fully saturated rings. The Bertz CT molecular complexity index is 512. The lowest BCUT2D eigenvalue weighted by atomic mass is 10.1. The zero-order chi connectivity index (χ0) is 13.8. The summed E-state index contributed by atoms with van der Waals surface area (Å²) < 4.78 is 1.46. The van der Waals surface area contributed by atoms with Crippen molar-refractivity contribution in [3.63, 3.8) is 0 Å². The molecule has 0 aliphatic carbocycles. The van der Waals surface area contributed by atoms with Crippen molar-refractivity contribution < 1.29 is 4.79 Å². The first-order chi connectivity index (χ1) is 9.13. The molecule has 0 saturated carbocycles. The number of likely N-dealkylation sites (tertiary alicyclic amines) is 1. The van der Waals surface area contributed by atoms with Gasteiger partial charge in [-0.2, -0.15) is 0 Å². The zero-order valence-electron chi connectivity index (χ0n) is 11.1. The van der Waals surface area contributed by atoms with Crippen molar-refractivity contribution in [2.75, 3.05) is 12.4 Å². The highest BCUT2D eigenvalue weighted by molar-refractivity contribution is 6.18. The van der Waals surface area contributed by atoms with E-state index in [1.54, 1.807) is 19.3 Å². The fraction of sp³-hybridized carbons (Fsp3) is 0.571. The number of nitrogens with zero attached hydrogens (tertiary/aromatic N) is 2. The first kappa shape index (κ1) is 14.1. The van der Waals surface area contributed by atoms with Crippen molar-refractivity contribution in [1.82, 2.24) is 9.47 Å². The molecule has 1 saturated heterocycles. The minimum absolute atomic E-state index is 0.0785. The molecule has 104 valence electrons. The van der Waals surface area contributed by atoms with Gasteiger partial charge >= 0.3 is 0 Å². The molecule has 0 bridgehead atoms. The van der Waals surface area contributed by atoms with Crippen molar-refractivity contribution in [3.8, 4) is 0 Å². The van der Waals surface area contributed by atoms with Crippen LogP contribution in [0, 0.1) is 0 Å². The minimum atomic E-state index is -0.164. The van der Waals surface area contributed by atoms with Crippen LogP contribution in [0.5, 0.6) is 0 Å². The van der Waals surface area contributed by atoms with Crippen molar-refractivity contribution in [2.24, 2.45) is 7.05 Å². The Hall–Kier alpha value is -1.29. The summed E-state index contributed by atoms with van der Waals surface area (Å²) in [4.78, 5) is 25.9. The molecule has 0 N–H and O–H groups in total. The second-order valence-corrected chi connectivity index (χ2v) is 5.33. The van der Waals surface area contributed by atoms with E-state index in [1.807, 2.05) is 4.90 Å². The molecule has 1 unspecified atom stereocenters. The highest BCUT2D eigenvalue weighted by Gasteiger charge is 2.25. The number of amides is 1. The molecule has 1 aromatic heterocycles. The minimum Gasteiger partial charge on any atom is -0.334 e. The highest BCUT2D eigenvalue weighted by atomic mass is 35.5. The van der Waals surface area contributed by atoms with Crippen LogP contribution in [0.3, 0.4) is 0 Å².